The van der Waals surface area contributed by atoms with E-state index < -0.39 is 0 Å². The number of hydrogen-bond acceptors (Lipinski definition) is 4. The average Bonchev–Trinajstić information content (AvgIpc) is 2.47. The van der Waals surface area contributed by atoms with E-state index in [0.717, 1.165) is 31.5 Å². The highest BCUT2D eigenvalue weighted by Gasteiger charge is 2.19. The van der Waals surface area contributed by atoms with Crippen LogP contribution in [0.15, 0.2) is 41.2 Å². The zero-order valence-corrected chi connectivity index (χ0v) is 11.2. The molecule has 20 heavy (non-hydrogen) atoms. The minimum atomic E-state index is -0.131. The van der Waals surface area contributed by atoms with Gasteiger partial charge in [0.1, 0.15) is 0 Å². The summed E-state index contributed by atoms with van der Waals surface area (Å²) in [6.45, 7) is 1.62. The molecule has 0 radical (unpaired) electrons. The molecule has 0 bridgehead atoms. The van der Waals surface area contributed by atoms with Gasteiger partial charge >= 0.3 is 0 Å². The maximum absolute atomic E-state index is 11.9. The first-order chi connectivity index (χ1) is 9.72. The fourth-order valence-electron chi connectivity index (χ4n) is 2.55. The summed E-state index contributed by atoms with van der Waals surface area (Å²) in [6.07, 6.45) is 2.06. The van der Waals surface area contributed by atoms with Crippen LogP contribution in [0.25, 0.3) is 11.3 Å². The van der Waals surface area contributed by atoms with E-state index >= 15 is 0 Å². The van der Waals surface area contributed by atoms with E-state index in [1.807, 2.05) is 30.3 Å². The third-order valence-corrected chi connectivity index (χ3v) is 3.56. The summed E-state index contributed by atoms with van der Waals surface area (Å²) in [5.41, 5.74) is 7.50. The van der Waals surface area contributed by atoms with Gasteiger partial charge in [0.25, 0.3) is 5.56 Å². The lowest BCUT2D eigenvalue weighted by Gasteiger charge is -2.31. The van der Waals surface area contributed by atoms with Crippen LogP contribution in [0.5, 0.6) is 0 Å². The maximum atomic E-state index is 11.9. The molecule has 2 aromatic rings. The summed E-state index contributed by atoms with van der Waals surface area (Å²) in [7, 11) is 0. The zero-order chi connectivity index (χ0) is 13.9. The van der Waals surface area contributed by atoms with Gasteiger partial charge in [-0.05, 0) is 12.8 Å². The number of nitrogens with zero attached hydrogens (tertiary/aromatic N) is 2. The highest BCUT2D eigenvalue weighted by Crippen LogP contribution is 2.19. The Morgan fingerprint density at radius 2 is 2.10 bits per heavy atom. The molecule has 2 heterocycles. The normalized spacial score (nSPS) is 19.1. The number of nitrogens with two attached hydrogens (primary N) is 1. The molecule has 5 nitrogen and oxygen atoms in total. The number of anilines is 1. The number of benzene rings is 1. The van der Waals surface area contributed by atoms with E-state index in [2.05, 4.69) is 14.9 Å². The van der Waals surface area contributed by atoms with Crippen molar-refractivity contribution in [1.29, 1.82) is 0 Å². The second-order valence-corrected chi connectivity index (χ2v) is 5.17. The van der Waals surface area contributed by atoms with Gasteiger partial charge in [0.05, 0.1) is 5.69 Å². The van der Waals surface area contributed by atoms with Crippen molar-refractivity contribution in [2.24, 2.45) is 5.73 Å². The molecule has 0 amide bonds. The second kappa shape index (κ2) is 5.46. The molecular formula is C15H18N4O. The second-order valence-electron chi connectivity index (χ2n) is 5.17. The fraction of sp³-hybridized carbons (Fsp3) is 0.333. The smallest absolute Gasteiger partial charge is 0.252 e. The SMILES string of the molecule is N[C@H]1CCCN(c2nc(-c3ccccc3)cc(=O)[nH]2)C1. The number of rotatable bonds is 2. The molecular weight excluding hydrogens is 252 g/mol. The number of H-pyrrole nitrogens is 1. The highest BCUT2D eigenvalue weighted by molar-refractivity contribution is 5.59. The third-order valence-electron chi connectivity index (χ3n) is 3.56. The van der Waals surface area contributed by atoms with Crippen LogP contribution in [0.1, 0.15) is 12.8 Å². The number of nitrogens with one attached hydrogen (secondary N) is 1. The van der Waals surface area contributed by atoms with E-state index in [9.17, 15) is 4.79 Å². The van der Waals surface area contributed by atoms with Crippen molar-refractivity contribution in [3.8, 4) is 11.3 Å². The number of aromatic nitrogens is 2. The van der Waals surface area contributed by atoms with Gasteiger partial charge in [-0.3, -0.25) is 9.78 Å². The van der Waals surface area contributed by atoms with Crippen molar-refractivity contribution >= 4 is 5.95 Å². The van der Waals surface area contributed by atoms with Gasteiger partial charge < -0.3 is 10.6 Å². The van der Waals surface area contributed by atoms with Crippen LogP contribution in [0.2, 0.25) is 0 Å². The number of hydrogen-bond donors (Lipinski definition) is 2. The van der Waals surface area contributed by atoms with Crippen molar-refractivity contribution < 1.29 is 0 Å². The van der Waals surface area contributed by atoms with Gasteiger partial charge in [-0.25, -0.2) is 4.98 Å². The Morgan fingerprint density at radius 1 is 1.30 bits per heavy atom. The van der Waals surface area contributed by atoms with E-state index in [0.29, 0.717) is 11.6 Å². The molecule has 3 N–H and O–H groups in total. The monoisotopic (exact) mass is 270 g/mol. The molecule has 0 saturated carbocycles. The van der Waals surface area contributed by atoms with Crippen molar-refractivity contribution in [3.63, 3.8) is 0 Å². The Bertz CT molecular complexity index is 638. The first kappa shape index (κ1) is 12.9. The van der Waals surface area contributed by atoms with Gasteiger partial charge in [0.2, 0.25) is 5.95 Å². The average molecular weight is 270 g/mol. The van der Waals surface area contributed by atoms with Crippen LogP contribution in [0, 0.1) is 0 Å². The van der Waals surface area contributed by atoms with Crippen molar-refractivity contribution in [1.82, 2.24) is 9.97 Å². The van der Waals surface area contributed by atoms with Crippen LogP contribution in [0.4, 0.5) is 5.95 Å². The Balaban J connectivity index is 1.97. The fourth-order valence-corrected chi connectivity index (χ4v) is 2.55. The first-order valence-corrected chi connectivity index (χ1v) is 6.90. The lowest BCUT2D eigenvalue weighted by molar-refractivity contribution is 0.499. The predicted octanol–water partition coefficient (Wildman–Crippen LogP) is 1.36. The molecule has 0 aliphatic carbocycles. The molecule has 3 rings (SSSR count). The van der Waals surface area contributed by atoms with Crippen molar-refractivity contribution in [2.75, 3.05) is 18.0 Å². The molecule has 1 aromatic heterocycles. The van der Waals surface area contributed by atoms with E-state index in [1.165, 1.54) is 6.07 Å². The largest absolute Gasteiger partial charge is 0.341 e. The number of piperidine rings is 1. The lowest BCUT2D eigenvalue weighted by Crippen LogP contribution is -2.44. The molecule has 1 atom stereocenters. The van der Waals surface area contributed by atoms with Crippen LogP contribution in [0.3, 0.4) is 0 Å². The lowest BCUT2D eigenvalue weighted by atomic mass is 10.1. The van der Waals surface area contributed by atoms with Gasteiger partial charge in [-0.1, -0.05) is 30.3 Å². The Hall–Kier alpha value is -2.14. The summed E-state index contributed by atoms with van der Waals surface area (Å²) in [5, 5.41) is 0. The molecule has 1 aliphatic rings. The zero-order valence-electron chi connectivity index (χ0n) is 11.2. The van der Waals surface area contributed by atoms with E-state index in [1.54, 1.807) is 0 Å². The molecule has 104 valence electrons. The van der Waals surface area contributed by atoms with Crippen LogP contribution >= 0.6 is 0 Å². The molecule has 5 heteroatoms. The topological polar surface area (TPSA) is 75.0 Å². The Labute approximate surface area is 117 Å². The van der Waals surface area contributed by atoms with Crippen LogP contribution in [-0.4, -0.2) is 29.1 Å². The first-order valence-electron chi connectivity index (χ1n) is 6.90. The quantitative estimate of drug-likeness (QED) is 0.864. The minimum absolute atomic E-state index is 0.131. The minimum Gasteiger partial charge on any atom is -0.341 e. The summed E-state index contributed by atoms with van der Waals surface area (Å²) in [6, 6.07) is 11.4. The van der Waals surface area contributed by atoms with Gasteiger partial charge in [-0.2, -0.15) is 0 Å². The molecule has 1 aromatic carbocycles. The van der Waals surface area contributed by atoms with Gasteiger partial charge in [0.15, 0.2) is 0 Å². The summed E-state index contributed by atoms with van der Waals surface area (Å²) in [5.74, 6) is 0.617. The highest BCUT2D eigenvalue weighted by atomic mass is 16.1. The van der Waals surface area contributed by atoms with Gasteiger partial charge in [0, 0.05) is 30.8 Å². The Morgan fingerprint density at radius 3 is 2.85 bits per heavy atom. The summed E-state index contributed by atoms with van der Waals surface area (Å²) in [4.78, 5) is 21.3. The molecule has 0 spiro atoms. The number of aromatic amines is 1. The predicted molar refractivity (Wildman–Crippen MR) is 79.7 cm³/mol. The molecule has 0 unspecified atom stereocenters. The van der Waals surface area contributed by atoms with E-state index in [-0.39, 0.29) is 11.6 Å². The van der Waals surface area contributed by atoms with Crippen molar-refractivity contribution in [2.45, 2.75) is 18.9 Å². The van der Waals surface area contributed by atoms with Crippen molar-refractivity contribution in [3.05, 3.63) is 46.8 Å². The van der Waals surface area contributed by atoms with Crippen LogP contribution in [-0.2, 0) is 0 Å². The molecule has 1 aliphatic heterocycles. The van der Waals surface area contributed by atoms with Gasteiger partial charge in [-0.15, -0.1) is 0 Å². The maximum Gasteiger partial charge on any atom is 0.252 e. The van der Waals surface area contributed by atoms with Crippen LogP contribution < -0.4 is 16.2 Å². The summed E-state index contributed by atoms with van der Waals surface area (Å²) < 4.78 is 0. The Kier molecular flexibility index (Phi) is 3.52. The standard InChI is InChI=1S/C15H18N4O/c16-12-7-4-8-19(10-12)15-17-13(9-14(20)18-15)11-5-2-1-3-6-11/h1-3,5-6,9,12H,4,7-8,10,16H2,(H,17,18,20)/t12-/m0/s1. The molecule has 1 saturated heterocycles. The summed E-state index contributed by atoms with van der Waals surface area (Å²) >= 11 is 0. The molecule has 1 fully saturated rings. The third kappa shape index (κ3) is 2.72. The van der Waals surface area contributed by atoms with E-state index in [4.69, 9.17) is 5.73 Å².